The molecule has 2 aromatic carbocycles. The smallest absolute Gasteiger partial charge is 0.350 e. The van der Waals surface area contributed by atoms with E-state index in [1.165, 1.54) is 31.1 Å². The summed E-state index contributed by atoms with van der Waals surface area (Å²) in [5.41, 5.74) is 2.31. The summed E-state index contributed by atoms with van der Waals surface area (Å²) in [6.07, 6.45) is 3.93. The molecule has 0 bridgehead atoms. The van der Waals surface area contributed by atoms with Gasteiger partial charge in [0.15, 0.2) is 0 Å². The van der Waals surface area contributed by atoms with Gasteiger partial charge in [-0.15, -0.1) is 11.8 Å². The van der Waals surface area contributed by atoms with Crippen LogP contribution in [-0.2, 0) is 4.79 Å². The topological polar surface area (TPSA) is 64.9 Å². The van der Waals surface area contributed by atoms with Gasteiger partial charge in [-0.2, -0.15) is 4.98 Å². The Hall–Kier alpha value is -3.28. The molecular formula is C32H36F2N6O2S. The van der Waals surface area contributed by atoms with Crippen LogP contribution < -0.4 is 10.6 Å². The van der Waals surface area contributed by atoms with Gasteiger partial charge < -0.3 is 9.80 Å². The van der Waals surface area contributed by atoms with E-state index in [0.29, 0.717) is 48.9 Å². The maximum Gasteiger partial charge on any atom is 0.350 e. The zero-order valence-electron chi connectivity index (χ0n) is 24.4. The van der Waals surface area contributed by atoms with E-state index in [2.05, 4.69) is 26.3 Å². The molecule has 0 radical (unpaired) electrons. The molecule has 0 spiro atoms. The summed E-state index contributed by atoms with van der Waals surface area (Å²) in [6, 6.07) is 6.34. The summed E-state index contributed by atoms with van der Waals surface area (Å²) >= 11 is 1.65. The van der Waals surface area contributed by atoms with Gasteiger partial charge in [0.2, 0.25) is 5.91 Å². The minimum absolute atomic E-state index is 0.0859. The van der Waals surface area contributed by atoms with E-state index >= 15 is 4.39 Å². The van der Waals surface area contributed by atoms with Gasteiger partial charge in [-0.1, -0.05) is 6.58 Å². The third-order valence-corrected chi connectivity index (χ3v) is 10.6. The highest BCUT2D eigenvalue weighted by molar-refractivity contribution is 7.99. The Balaban J connectivity index is 1.31. The molecule has 43 heavy (non-hydrogen) atoms. The van der Waals surface area contributed by atoms with Crippen molar-refractivity contribution < 1.29 is 13.6 Å². The standard InChI is InChI=1S/C32H36F2N6O2S/c1-3-27(41)38-12-14-39(15-13-38)31-25-16-20(2)28(24-7-4-21(33)17-26(24)34)30-29(25)40(32(42)35-31)23(19-43-30)18-36-8-10-37(11-9-36)22-5-6-22/h3-4,7,16-17,22-23H,1,5-6,8-15,18-19H2,2H3/t23-/m0/s1. The number of rotatable bonds is 6. The summed E-state index contributed by atoms with van der Waals surface area (Å²) in [5, 5.41) is 0.845. The van der Waals surface area contributed by atoms with Crippen molar-refractivity contribution in [2.75, 3.05) is 69.6 Å². The zero-order chi connectivity index (χ0) is 29.8. The Morgan fingerprint density at radius 1 is 1.07 bits per heavy atom. The molecule has 2 saturated heterocycles. The molecule has 4 heterocycles. The number of anilines is 1. The van der Waals surface area contributed by atoms with Crippen molar-refractivity contribution in [3.8, 4) is 11.1 Å². The van der Waals surface area contributed by atoms with Crippen LogP contribution in [0.4, 0.5) is 14.6 Å². The van der Waals surface area contributed by atoms with E-state index in [1.54, 1.807) is 16.7 Å². The summed E-state index contributed by atoms with van der Waals surface area (Å²) < 4.78 is 30.9. The number of nitrogens with zero attached hydrogens (tertiary/aromatic N) is 6. The molecule has 3 fully saturated rings. The molecule has 11 heteroatoms. The summed E-state index contributed by atoms with van der Waals surface area (Å²) in [7, 11) is 0. The number of carbonyl (C=O) groups is 1. The van der Waals surface area contributed by atoms with Crippen LogP contribution in [-0.4, -0.2) is 101 Å². The average Bonchev–Trinajstić information content (AvgIpc) is 3.86. The maximum atomic E-state index is 15.2. The second kappa shape index (κ2) is 11.3. The van der Waals surface area contributed by atoms with E-state index in [1.807, 2.05) is 17.6 Å². The fourth-order valence-electron chi connectivity index (χ4n) is 6.94. The highest BCUT2D eigenvalue weighted by Gasteiger charge is 2.35. The Kier molecular flexibility index (Phi) is 7.51. The molecule has 1 atom stereocenters. The third-order valence-electron chi connectivity index (χ3n) is 9.33. The summed E-state index contributed by atoms with van der Waals surface area (Å²) in [5.74, 6) is -0.102. The lowest BCUT2D eigenvalue weighted by Crippen LogP contribution is -2.50. The normalized spacial score (nSPS) is 21.4. The fourth-order valence-corrected chi connectivity index (χ4v) is 8.31. The van der Waals surface area contributed by atoms with Gasteiger partial charge in [-0.25, -0.2) is 13.6 Å². The number of hydrogen-bond donors (Lipinski definition) is 0. The van der Waals surface area contributed by atoms with Gasteiger partial charge in [0.1, 0.15) is 17.5 Å². The summed E-state index contributed by atoms with van der Waals surface area (Å²) in [6.45, 7) is 12.4. The number of halogens is 2. The van der Waals surface area contributed by atoms with E-state index in [9.17, 15) is 14.0 Å². The lowest BCUT2D eigenvalue weighted by molar-refractivity contribution is -0.126. The molecule has 1 aliphatic carbocycles. The molecule has 8 nitrogen and oxygen atoms in total. The number of aryl methyl sites for hydroxylation is 1. The lowest BCUT2D eigenvalue weighted by atomic mass is 9.96. The third kappa shape index (κ3) is 5.25. The molecule has 7 rings (SSSR count). The predicted octanol–water partition coefficient (Wildman–Crippen LogP) is 3.91. The van der Waals surface area contributed by atoms with E-state index in [-0.39, 0.29) is 17.6 Å². The minimum atomic E-state index is -0.625. The first-order chi connectivity index (χ1) is 20.8. The molecule has 1 saturated carbocycles. The number of thioether (sulfide) groups is 1. The van der Waals surface area contributed by atoms with Crippen molar-refractivity contribution in [3.63, 3.8) is 0 Å². The van der Waals surface area contributed by atoms with Crippen molar-refractivity contribution in [1.29, 1.82) is 0 Å². The van der Waals surface area contributed by atoms with Gasteiger partial charge in [-0.05, 0) is 49.6 Å². The van der Waals surface area contributed by atoms with Gasteiger partial charge >= 0.3 is 5.69 Å². The largest absolute Gasteiger partial charge is 0.352 e. The SMILES string of the molecule is C=CC(=O)N1CCN(c2nc(=O)n3c4c(c(-c5ccc(F)cc5F)c(C)cc24)SC[C@@H]3CN2CCN(C3CC3)CC2)CC1. The summed E-state index contributed by atoms with van der Waals surface area (Å²) in [4.78, 5) is 40.5. The van der Waals surface area contributed by atoms with Crippen molar-refractivity contribution in [2.24, 2.45) is 0 Å². The van der Waals surface area contributed by atoms with Crippen LogP contribution in [0.15, 0.2) is 46.6 Å². The van der Waals surface area contributed by atoms with Gasteiger partial charge in [0, 0.05) is 98.2 Å². The van der Waals surface area contributed by atoms with Crippen LogP contribution >= 0.6 is 11.8 Å². The Morgan fingerprint density at radius 3 is 2.49 bits per heavy atom. The van der Waals surface area contributed by atoms with Crippen molar-refractivity contribution in [2.45, 2.75) is 36.7 Å². The number of aromatic nitrogens is 2. The van der Waals surface area contributed by atoms with E-state index in [4.69, 9.17) is 0 Å². The first kappa shape index (κ1) is 28.5. The van der Waals surface area contributed by atoms with Gasteiger partial charge in [-0.3, -0.25) is 19.2 Å². The number of piperazine rings is 2. The molecular weight excluding hydrogens is 570 g/mol. The van der Waals surface area contributed by atoms with Crippen molar-refractivity contribution >= 4 is 34.4 Å². The number of hydrogen-bond acceptors (Lipinski definition) is 7. The van der Waals surface area contributed by atoms with Gasteiger partial charge in [0.25, 0.3) is 0 Å². The highest BCUT2D eigenvalue weighted by Crippen LogP contribution is 2.46. The van der Waals surface area contributed by atoms with Crippen LogP contribution in [0.3, 0.4) is 0 Å². The molecule has 4 aliphatic rings. The Labute approximate surface area is 253 Å². The first-order valence-electron chi connectivity index (χ1n) is 15.1. The van der Waals surface area contributed by atoms with Crippen LogP contribution in [0.2, 0.25) is 0 Å². The molecule has 0 unspecified atom stereocenters. The van der Waals surface area contributed by atoms with Gasteiger partial charge in [0.05, 0.1) is 11.6 Å². The zero-order valence-corrected chi connectivity index (χ0v) is 25.2. The number of carbonyl (C=O) groups excluding carboxylic acids is 1. The van der Waals surface area contributed by atoms with Crippen LogP contribution in [0, 0.1) is 18.6 Å². The maximum absolute atomic E-state index is 15.2. The van der Waals surface area contributed by atoms with Crippen molar-refractivity contribution in [1.82, 2.24) is 24.3 Å². The molecule has 0 N–H and O–H groups in total. The Bertz CT molecular complexity index is 1660. The quantitative estimate of drug-likeness (QED) is 0.395. The molecule has 1 aromatic heterocycles. The molecule has 3 aromatic rings. The lowest BCUT2D eigenvalue weighted by Gasteiger charge is -2.39. The van der Waals surface area contributed by atoms with Crippen LogP contribution in [0.1, 0.15) is 24.4 Å². The fraction of sp³-hybridized carbons (Fsp3) is 0.469. The van der Waals surface area contributed by atoms with Crippen LogP contribution in [0.5, 0.6) is 0 Å². The molecule has 226 valence electrons. The van der Waals surface area contributed by atoms with Crippen LogP contribution in [0.25, 0.3) is 22.0 Å². The number of benzene rings is 2. The second-order valence-electron chi connectivity index (χ2n) is 12.1. The number of amides is 1. The first-order valence-corrected chi connectivity index (χ1v) is 16.1. The van der Waals surface area contributed by atoms with E-state index in [0.717, 1.165) is 66.2 Å². The predicted molar refractivity (Wildman–Crippen MR) is 166 cm³/mol. The second-order valence-corrected chi connectivity index (χ2v) is 13.1. The molecule has 3 aliphatic heterocycles. The van der Waals surface area contributed by atoms with Crippen molar-refractivity contribution in [3.05, 3.63) is 64.6 Å². The highest BCUT2D eigenvalue weighted by atomic mass is 32.2. The minimum Gasteiger partial charge on any atom is -0.352 e. The van der Waals surface area contributed by atoms with E-state index < -0.39 is 11.6 Å². The Morgan fingerprint density at radius 2 is 1.81 bits per heavy atom. The molecule has 1 amide bonds. The monoisotopic (exact) mass is 606 g/mol. The average molecular weight is 607 g/mol.